The third-order valence-electron chi connectivity index (χ3n) is 5.82. The van der Waals surface area contributed by atoms with Crippen molar-refractivity contribution >= 4 is 46.8 Å². The molecule has 38 heavy (non-hydrogen) atoms. The number of hydrogen-bond acceptors (Lipinski definition) is 10. The molecule has 14 nitrogen and oxygen atoms in total. The maximum absolute atomic E-state index is 12.9. The van der Waals surface area contributed by atoms with E-state index in [2.05, 4.69) is 0 Å². The van der Waals surface area contributed by atoms with Crippen LogP contribution in [0.5, 0.6) is 11.5 Å². The zero-order valence-corrected chi connectivity index (χ0v) is 19.5. The topological polar surface area (TPSA) is 230 Å². The Balaban J connectivity index is 1.84. The third-order valence-corrected chi connectivity index (χ3v) is 5.82. The van der Waals surface area contributed by atoms with Gasteiger partial charge in [-0.2, -0.15) is 0 Å². The number of phenols is 2. The molecule has 0 aliphatic heterocycles. The fourth-order valence-electron chi connectivity index (χ4n) is 4.21. The highest BCUT2D eigenvalue weighted by Crippen LogP contribution is 2.46. The summed E-state index contributed by atoms with van der Waals surface area (Å²) >= 11 is 0. The molecule has 1 saturated carbocycles. The van der Waals surface area contributed by atoms with Gasteiger partial charge >= 0.3 is 23.9 Å². The highest BCUT2D eigenvalue weighted by Gasteiger charge is 2.52. The Morgan fingerprint density at radius 3 is 1.11 bits per heavy atom. The van der Waals surface area contributed by atoms with Crippen LogP contribution in [0.25, 0.3) is 0 Å². The molecule has 0 amide bonds. The van der Waals surface area contributed by atoms with Crippen LogP contribution in [0.3, 0.4) is 0 Å². The first kappa shape index (κ1) is 27.4. The van der Waals surface area contributed by atoms with E-state index in [9.17, 15) is 39.0 Å². The number of ketones is 2. The molecule has 0 bridgehead atoms. The molecule has 2 aromatic rings. The molecule has 1 aliphatic rings. The first-order valence-corrected chi connectivity index (χ1v) is 10.9. The summed E-state index contributed by atoms with van der Waals surface area (Å²) in [7, 11) is 0. The first-order chi connectivity index (χ1) is 17.8. The van der Waals surface area contributed by atoms with Crippen LogP contribution in [0.15, 0.2) is 36.4 Å². The molecular formula is C24H22N2O12. The van der Waals surface area contributed by atoms with E-state index < -0.39 is 85.0 Å². The van der Waals surface area contributed by atoms with Crippen molar-refractivity contribution in [1.82, 2.24) is 0 Å². The number of carbonyl (C=O) groups excluding carboxylic acids is 2. The molecule has 3 rings (SSSR count). The van der Waals surface area contributed by atoms with Gasteiger partial charge in [-0.1, -0.05) is 12.1 Å². The Kier molecular flexibility index (Phi) is 7.84. The highest BCUT2D eigenvalue weighted by atomic mass is 16.4. The summed E-state index contributed by atoms with van der Waals surface area (Å²) < 4.78 is 0. The number of aromatic hydroxyl groups is 2. The second-order valence-corrected chi connectivity index (χ2v) is 8.44. The minimum Gasteiger partial charge on any atom is -0.508 e. The standard InChI is InChI=1S/C24H22N2O12/c27-15-5-11(25(7-17(29)30)8-18(31)32)1-3-13(15)21-23(37)22(24(21)38)14-4-2-12(6-16(14)28)26(9-19(33)34)10-20(35)36/h1-6,21-22,27-28H,7-10H2,(H,29,30)(H,31,32)(H,33,34)(H,35,36). The minimum atomic E-state index is -1.39. The van der Waals surface area contributed by atoms with Gasteiger partial charge < -0.3 is 40.4 Å². The molecule has 14 heteroatoms. The lowest BCUT2D eigenvalue weighted by Crippen LogP contribution is -2.44. The van der Waals surface area contributed by atoms with Crippen molar-refractivity contribution in [1.29, 1.82) is 0 Å². The van der Waals surface area contributed by atoms with E-state index in [1.165, 1.54) is 24.3 Å². The van der Waals surface area contributed by atoms with Gasteiger partial charge in [0.15, 0.2) is 11.6 Å². The number of anilines is 2. The molecule has 1 aliphatic carbocycles. The number of phenolic OH excluding ortho intramolecular Hbond substituents is 2. The van der Waals surface area contributed by atoms with Gasteiger partial charge in [0.1, 0.15) is 49.5 Å². The maximum Gasteiger partial charge on any atom is 0.323 e. The molecule has 0 atom stereocenters. The number of aliphatic carboxylic acids is 4. The van der Waals surface area contributed by atoms with Gasteiger partial charge in [-0.3, -0.25) is 28.8 Å². The third kappa shape index (κ3) is 5.80. The number of rotatable bonds is 12. The lowest BCUT2D eigenvalue weighted by atomic mass is 9.65. The van der Waals surface area contributed by atoms with Gasteiger partial charge in [-0.15, -0.1) is 0 Å². The predicted molar refractivity (Wildman–Crippen MR) is 127 cm³/mol. The molecule has 0 spiro atoms. The summed E-state index contributed by atoms with van der Waals surface area (Å²) in [6.07, 6.45) is 0. The molecule has 200 valence electrons. The zero-order valence-electron chi connectivity index (χ0n) is 19.5. The van der Waals surface area contributed by atoms with Crippen LogP contribution < -0.4 is 9.80 Å². The van der Waals surface area contributed by atoms with E-state index in [4.69, 9.17) is 20.4 Å². The number of carbonyl (C=O) groups is 6. The van der Waals surface area contributed by atoms with Crippen LogP contribution in [-0.4, -0.2) is 92.3 Å². The summed E-state index contributed by atoms with van der Waals surface area (Å²) in [5.74, 6) is -10.5. The van der Waals surface area contributed by atoms with Crippen molar-refractivity contribution in [3.8, 4) is 11.5 Å². The number of carboxylic acid groups (broad SMARTS) is 4. The number of carboxylic acids is 4. The Morgan fingerprint density at radius 1 is 0.579 bits per heavy atom. The van der Waals surface area contributed by atoms with E-state index in [0.717, 1.165) is 21.9 Å². The average molecular weight is 530 g/mol. The SMILES string of the molecule is O=C(O)CN(CC(=O)O)c1ccc(C2C(=O)C(c3ccc(N(CC(=O)O)CC(=O)O)cc3O)C2=O)c(O)c1. The summed E-state index contributed by atoms with van der Waals surface area (Å²) in [4.78, 5) is 72.0. The largest absolute Gasteiger partial charge is 0.508 e. The van der Waals surface area contributed by atoms with Crippen molar-refractivity contribution in [2.24, 2.45) is 0 Å². The normalized spacial score (nSPS) is 16.4. The number of hydrogen-bond donors (Lipinski definition) is 6. The second kappa shape index (κ2) is 10.9. The van der Waals surface area contributed by atoms with Gasteiger partial charge in [0.2, 0.25) is 0 Å². The van der Waals surface area contributed by atoms with Crippen LogP contribution >= 0.6 is 0 Å². The molecule has 0 saturated heterocycles. The summed E-state index contributed by atoms with van der Waals surface area (Å²) in [6, 6.07) is 7.02. The Morgan fingerprint density at radius 2 is 0.868 bits per heavy atom. The van der Waals surface area contributed by atoms with E-state index in [0.29, 0.717) is 0 Å². The fourth-order valence-corrected chi connectivity index (χ4v) is 4.21. The lowest BCUT2D eigenvalue weighted by molar-refractivity contribution is -0.143. The molecule has 1 fully saturated rings. The number of nitrogens with zero attached hydrogens (tertiary/aromatic N) is 2. The van der Waals surface area contributed by atoms with Crippen molar-refractivity contribution in [3.05, 3.63) is 47.5 Å². The van der Waals surface area contributed by atoms with Gasteiger partial charge in [-0.25, -0.2) is 0 Å². The smallest absolute Gasteiger partial charge is 0.323 e. The van der Waals surface area contributed by atoms with Gasteiger partial charge in [0.25, 0.3) is 0 Å². The lowest BCUT2D eigenvalue weighted by Gasteiger charge is -2.33. The van der Waals surface area contributed by atoms with Gasteiger partial charge in [0, 0.05) is 34.6 Å². The van der Waals surface area contributed by atoms with Crippen molar-refractivity contribution < 1.29 is 59.4 Å². The molecule has 0 aromatic heterocycles. The average Bonchev–Trinajstić information content (AvgIpc) is 2.79. The zero-order chi connectivity index (χ0) is 28.3. The predicted octanol–water partition coefficient (Wildman–Crippen LogP) is 0.0682. The Bertz CT molecular complexity index is 1190. The number of Topliss-reactive ketones (excluding diaryl/α,β-unsaturated/α-hetero) is 2. The number of benzene rings is 2. The van der Waals surface area contributed by atoms with Crippen molar-refractivity contribution in [2.75, 3.05) is 36.0 Å². The molecule has 0 unspecified atom stereocenters. The Labute approximate surface area is 213 Å². The van der Waals surface area contributed by atoms with Crippen LogP contribution in [0.1, 0.15) is 23.0 Å². The van der Waals surface area contributed by atoms with Crippen LogP contribution in [-0.2, 0) is 28.8 Å². The summed E-state index contributed by atoms with van der Waals surface area (Å²) in [5, 5.41) is 56.9. The van der Waals surface area contributed by atoms with E-state index >= 15 is 0 Å². The van der Waals surface area contributed by atoms with E-state index in [1.54, 1.807) is 0 Å². The minimum absolute atomic E-state index is 0.0346. The highest BCUT2D eigenvalue weighted by molar-refractivity contribution is 6.31. The molecule has 2 aromatic carbocycles. The van der Waals surface area contributed by atoms with E-state index in [1.807, 2.05) is 0 Å². The quantitative estimate of drug-likeness (QED) is 0.199. The second-order valence-electron chi connectivity index (χ2n) is 8.44. The fraction of sp³-hybridized carbons (Fsp3) is 0.250. The van der Waals surface area contributed by atoms with Crippen LogP contribution in [0.2, 0.25) is 0 Å². The molecule has 0 radical (unpaired) electrons. The molecule has 6 N–H and O–H groups in total. The van der Waals surface area contributed by atoms with Crippen molar-refractivity contribution in [3.63, 3.8) is 0 Å². The molecular weight excluding hydrogens is 508 g/mol. The Hall–Kier alpha value is -5.14. The van der Waals surface area contributed by atoms with Gasteiger partial charge in [0.05, 0.1) is 0 Å². The monoisotopic (exact) mass is 530 g/mol. The van der Waals surface area contributed by atoms with E-state index in [-0.39, 0.29) is 22.5 Å². The first-order valence-electron chi connectivity index (χ1n) is 10.9. The van der Waals surface area contributed by atoms with Crippen LogP contribution in [0, 0.1) is 0 Å². The maximum atomic E-state index is 12.9. The van der Waals surface area contributed by atoms with Crippen LogP contribution in [0.4, 0.5) is 11.4 Å². The van der Waals surface area contributed by atoms with Crippen molar-refractivity contribution in [2.45, 2.75) is 11.8 Å². The summed E-state index contributed by atoms with van der Waals surface area (Å²) in [5.41, 5.74) is -0.105. The van der Waals surface area contributed by atoms with Gasteiger partial charge in [-0.05, 0) is 12.1 Å². The molecule has 0 heterocycles. The summed E-state index contributed by atoms with van der Waals surface area (Å²) in [6.45, 7) is -2.72.